The predicted molar refractivity (Wildman–Crippen MR) is 72.3 cm³/mol. The fourth-order valence-electron chi connectivity index (χ4n) is 2.80. The van der Waals surface area contributed by atoms with Crippen LogP contribution in [0.3, 0.4) is 0 Å². The second-order valence-corrected chi connectivity index (χ2v) is 5.07. The summed E-state index contributed by atoms with van der Waals surface area (Å²) in [7, 11) is 0. The van der Waals surface area contributed by atoms with Gasteiger partial charge in [-0.1, -0.05) is 24.6 Å². The third kappa shape index (κ3) is 2.13. The number of carboxylic acids is 1. The Bertz CT molecular complexity index is 664. The topological polar surface area (TPSA) is 95.1 Å². The average molecular weight is 273 g/mol. The fraction of sp³-hybridized carbons (Fsp3) is 0.357. The van der Waals surface area contributed by atoms with Gasteiger partial charge in [-0.25, -0.2) is 0 Å². The van der Waals surface area contributed by atoms with Crippen LogP contribution in [0.2, 0.25) is 0 Å². The molecule has 1 amide bonds. The van der Waals surface area contributed by atoms with Crippen LogP contribution in [0.25, 0.3) is 10.9 Å². The molecule has 104 valence electrons. The molecule has 6 heteroatoms. The second kappa shape index (κ2) is 4.96. The molecule has 2 unspecified atom stereocenters. The highest BCUT2D eigenvalue weighted by molar-refractivity contribution is 6.04. The maximum Gasteiger partial charge on any atom is 0.308 e. The number of fused-ring (bicyclic) bond motifs is 1. The van der Waals surface area contributed by atoms with E-state index in [-0.39, 0.29) is 11.9 Å². The molecule has 1 saturated carbocycles. The highest BCUT2D eigenvalue weighted by Gasteiger charge is 2.34. The van der Waals surface area contributed by atoms with Gasteiger partial charge >= 0.3 is 5.97 Å². The number of aromatic amines is 1. The molecule has 20 heavy (non-hydrogen) atoms. The molecule has 1 aliphatic rings. The van der Waals surface area contributed by atoms with Crippen molar-refractivity contribution in [2.75, 3.05) is 0 Å². The van der Waals surface area contributed by atoms with Crippen LogP contribution >= 0.6 is 0 Å². The zero-order chi connectivity index (χ0) is 14.1. The first-order valence-electron chi connectivity index (χ1n) is 6.63. The Balaban J connectivity index is 1.81. The lowest BCUT2D eigenvalue weighted by Crippen LogP contribution is -2.40. The first-order chi connectivity index (χ1) is 9.66. The van der Waals surface area contributed by atoms with E-state index >= 15 is 0 Å². The smallest absolute Gasteiger partial charge is 0.308 e. The number of hydrogen-bond acceptors (Lipinski definition) is 3. The Morgan fingerprint density at radius 3 is 2.90 bits per heavy atom. The van der Waals surface area contributed by atoms with Gasteiger partial charge in [0.2, 0.25) is 0 Å². The summed E-state index contributed by atoms with van der Waals surface area (Å²) < 4.78 is 0. The van der Waals surface area contributed by atoms with Gasteiger partial charge in [-0.3, -0.25) is 14.7 Å². The third-order valence-electron chi connectivity index (χ3n) is 3.84. The van der Waals surface area contributed by atoms with Gasteiger partial charge in [0.1, 0.15) is 0 Å². The maximum atomic E-state index is 12.3. The molecule has 0 spiro atoms. The lowest BCUT2D eigenvalue weighted by Gasteiger charge is -2.16. The summed E-state index contributed by atoms with van der Waals surface area (Å²) in [6.45, 7) is 0. The van der Waals surface area contributed by atoms with Crippen molar-refractivity contribution < 1.29 is 14.7 Å². The van der Waals surface area contributed by atoms with Crippen LogP contribution in [0.5, 0.6) is 0 Å². The lowest BCUT2D eigenvalue weighted by atomic mass is 10.0. The number of carboxylic acid groups (broad SMARTS) is 1. The molecule has 3 rings (SSSR count). The van der Waals surface area contributed by atoms with Crippen LogP contribution in [0.15, 0.2) is 24.3 Å². The number of amides is 1. The predicted octanol–water partition coefficient (Wildman–Crippen LogP) is 1.55. The van der Waals surface area contributed by atoms with E-state index in [1.165, 1.54) is 0 Å². The number of nitrogens with one attached hydrogen (secondary N) is 2. The van der Waals surface area contributed by atoms with Crippen LogP contribution < -0.4 is 5.32 Å². The third-order valence-corrected chi connectivity index (χ3v) is 3.84. The Morgan fingerprint density at radius 1 is 1.30 bits per heavy atom. The van der Waals surface area contributed by atoms with Crippen LogP contribution in [-0.4, -0.2) is 33.2 Å². The summed E-state index contributed by atoms with van der Waals surface area (Å²) in [6, 6.07) is 7.05. The zero-order valence-electron chi connectivity index (χ0n) is 10.8. The van der Waals surface area contributed by atoms with E-state index in [0.29, 0.717) is 18.5 Å². The van der Waals surface area contributed by atoms with Crippen molar-refractivity contribution in [1.82, 2.24) is 15.5 Å². The highest BCUT2D eigenvalue weighted by atomic mass is 16.4. The van der Waals surface area contributed by atoms with Crippen LogP contribution in [0.4, 0.5) is 0 Å². The molecular formula is C14H15N3O3. The quantitative estimate of drug-likeness (QED) is 0.790. The van der Waals surface area contributed by atoms with Crippen molar-refractivity contribution >= 4 is 22.8 Å². The standard InChI is InChI=1S/C14H15N3O3/c18-13(15-10-7-3-5-9(10)14(19)20)12-8-4-1-2-6-11(8)16-17-12/h1-2,4,6,9-10H,3,5,7H2,(H,15,18)(H,16,17)(H,19,20). The minimum Gasteiger partial charge on any atom is -0.481 e. The number of carbonyl (C=O) groups is 2. The van der Waals surface area contributed by atoms with Crippen molar-refractivity contribution in [2.24, 2.45) is 5.92 Å². The molecular weight excluding hydrogens is 258 g/mol. The molecule has 0 aliphatic heterocycles. The van der Waals surface area contributed by atoms with Gasteiger partial charge in [0.25, 0.3) is 5.91 Å². The van der Waals surface area contributed by atoms with Crippen LogP contribution in [0.1, 0.15) is 29.8 Å². The normalized spacial score (nSPS) is 22.0. The van der Waals surface area contributed by atoms with Gasteiger partial charge in [-0.15, -0.1) is 0 Å². The maximum absolute atomic E-state index is 12.3. The summed E-state index contributed by atoms with van der Waals surface area (Å²) in [5, 5.41) is 19.5. The average Bonchev–Trinajstić information content (AvgIpc) is 3.04. The zero-order valence-corrected chi connectivity index (χ0v) is 10.8. The minimum atomic E-state index is -0.848. The van der Waals surface area contributed by atoms with Crippen molar-refractivity contribution in [1.29, 1.82) is 0 Å². The molecule has 1 fully saturated rings. The van der Waals surface area contributed by atoms with Gasteiger partial charge in [0, 0.05) is 11.4 Å². The van der Waals surface area contributed by atoms with Crippen molar-refractivity contribution in [2.45, 2.75) is 25.3 Å². The summed E-state index contributed by atoms with van der Waals surface area (Å²) in [5.74, 6) is -1.66. The van der Waals surface area contributed by atoms with Gasteiger partial charge < -0.3 is 10.4 Å². The first-order valence-corrected chi connectivity index (χ1v) is 6.63. The molecule has 6 nitrogen and oxygen atoms in total. The van der Waals surface area contributed by atoms with Gasteiger partial charge in [0.15, 0.2) is 5.69 Å². The molecule has 1 heterocycles. The molecule has 0 bridgehead atoms. The molecule has 2 aromatic rings. The number of aliphatic carboxylic acids is 1. The Labute approximate surface area is 115 Å². The Hall–Kier alpha value is -2.37. The van der Waals surface area contributed by atoms with E-state index in [0.717, 1.165) is 17.3 Å². The minimum absolute atomic E-state index is 0.310. The summed E-state index contributed by atoms with van der Waals surface area (Å²) in [4.78, 5) is 23.4. The van der Waals surface area contributed by atoms with Crippen LogP contribution in [-0.2, 0) is 4.79 Å². The number of nitrogens with zero attached hydrogens (tertiary/aromatic N) is 1. The number of carbonyl (C=O) groups excluding carboxylic acids is 1. The molecule has 0 radical (unpaired) electrons. The summed E-state index contributed by atoms with van der Waals surface area (Å²) in [5.41, 5.74) is 1.11. The fourth-order valence-corrected chi connectivity index (χ4v) is 2.80. The first kappa shape index (κ1) is 12.7. The SMILES string of the molecule is O=C(NC1CCCC1C(=O)O)c1n[nH]c2ccccc12. The van der Waals surface area contributed by atoms with E-state index in [4.69, 9.17) is 5.11 Å². The van der Waals surface area contributed by atoms with Crippen molar-refractivity contribution in [3.63, 3.8) is 0 Å². The Morgan fingerprint density at radius 2 is 2.10 bits per heavy atom. The molecule has 3 N–H and O–H groups in total. The second-order valence-electron chi connectivity index (χ2n) is 5.07. The van der Waals surface area contributed by atoms with E-state index in [9.17, 15) is 9.59 Å². The molecule has 2 atom stereocenters. The van der Waals surface area contributed by atoms with E-state index in [1.807, 2.05) is 24.3 Å². The molecule has 0 saturated heterocycles. The van der Waals surface area contributed by atoms with Crippen molar-refractivity contribution in [3.8, 4) is 0 Å². The monoisotopic (exact) mass is 273 g/mol. The van der Waals surface area contributed by atoms with Gasteiger partial charge in [-0.05, 0) is 18.9 Å². The van der Waals surface area contributed by atoms with Crippen molar-refractivity contribution in [3.05, 3.63) is 30.0 Å². The summed E-state index contributed by atoms with van der Waals surface area (Å²) in [6.07, 6.45) is 2.13. The number of benzene rings is 1. The van der Waals surface area contributed by atoms with Gasteiger partial charge in [-0.2, -0.15) is 5.10 Å². The number of aromatic nitrogens is 2. The number of hydrogen-bond donors (Lipinski definition) is 3. The molecule has 1 aliphatic carbocycles. The summed E-state index contributed by atoms with van der Waals surface area (Å²) >= 11 is 0. The van der Waals surface area contributed by atoms with E-state index < -0.39 is 11.9 Å². The highest BCUT2D eigenvalue weighted by Crippen LogP contribution is 2.26. The lowest BCUT2D eigenvalue weighted by molar-refractivity contribution is -0.142. The largest absolute Gasteiger partial charge is 0.481 e. The molecule has 1 aromatic heterocycles. The van der Waals surface area contributed by atoms with Crippen LogP contribution in [0, 0.1) is 5.92 Å². The number of rotatable bonds is 3. The number of H-pyrrole nitrogens is 1. The van der Waals surface area contributed by atoms with Gasteiger partial charge in [0.05, 0.1) is 11.4 Å². The number of para-hydroxylation sites is 1. The van der Waals surface area contributed by atoms with E-state index in [2.05, 4.69) is 15.5 Å². The Kier molecular flexibility index (Phi) is 3.14. The molecule has 1 aromatic carbocycles. The van der Waals surface area contributed by atoms with E-state index in [1.54, 1.807) is 0 Å².